The Labute approximate surface area is 184 Å². The van der Waals surface area contributed by atoms with E-state index in [1.807, 2.05) is 24.3 Å². The van der Waals surface area contributed by atoms with Gasteiger partial charge < -0.3 is 20.1 Å². The minimum absolute atomic E-state index is 0.00821. The maximum Gasteiger partial charge on any atom is 0.422 e. The summed E-state index contributed by atoms with van der Waals surface area (Å²) in [7, 11) is 1.63. The fourth-order valence-corrected chi connectivity index (χ4v) is 3.62. The largest absolute Gasteiger partial charge is 0.496 e. The SMILES string of the molecule is COc1ccccc1C(CNC(=O)NCc1ccc(OCC(F)(F)F)nc1)N1CCCC1. The van der Waals surface area contributed by atoms with Gasteiger partial charge in [0.25, 0.3) is 0 Å². The molecule has 1 aliphatic rings. The van der Waals surface area contributed by atoms with E-state index in [0.717, 1.165) is 37.2 Å². The highest BCUT2D eigenvalue weighted by atomic mass is 19.4. The molecule has 1 fully saturated rings. The minimum Gasteiger partial charge on any atom is -0.496 e. The number of alkyl halides is 3. The van der Waals surface area contributed by atoms with Crippen LogP contribution in [-0.2, 0) is 6.54 Å². The molecule has 7 nitrogen and oxygen atoms in total. The number of hydrogen-bond donors (Lipinski definition) is 2. The molecule has 1 unspecified atom stereocenters. The van der Waals surface area contributed by atoms with Gasteiger partial charge in [0.05, 0.1) is 13.2 Å². The van der Waals surface area contributed by atoms with Crippen molar-refractivity contribution < 1.29 is 27.4 Å². The van der Waals surface area contributed by atoms with E-state index in [1.165, 1.54) is 12.3 Å². The van der Waals surface area contributed by atoms with Gasteiger partial charge in [-0.3, -0.25) is 4.90 Å². The number of aromatic nitrogens is 1. The first-order chi connectivity index (χ1) is 15.4. The number of carbonyl (C=O) groups excluding carboxylic acids is 1. The van der Waals surface area contributed by atoms with Crippen molar-refractivity contribution in [3.63, 3.8) is 0 Å². The number of hydrogen-bond acceptors (Lipinski definition) is 5. The van der Waals surface area contributed by atoms with Crippen molar-refractivity contribution in [1.82, 2.24) is 20.5 Å². The van der Waals surface area contributed by atoms with Crippen LogP contribution >= 0.6 is 0 Å². The van der Waals surface area contributed by atoms with Gasteiger partial charge in [-0.2, -0.15) is 13.2 Å². The Morgan fingerprint density at radius 3 is 2.56 bits per heavy atom. The summed E-state index contributed by atoms with van der Waals surface area (Å²) in [6.45, 7) is 1.11. The van der Waals surface area contributed by atoms with Gasteiger partial charge >= 0.3 is 12.2 Å². The molecule has 1 atom stereocenters. The number of methoxy groups -OCH3 is 1. The summed E-state index contributed by atoms with van der Waals surface area (Å²) < 4.78 is 46.7. The van der Waals surface area contributed by atoms with E-state index in [1.54, 1.807) is 13.2 Å². The van der Waals surface area contributed by atoms with Gasteiger partial charge in [-0.15, -0.1) is 0 Å². The molecule has 1 saturated heterocycles. The molecule has 0 saturated carbocycles. The molecule has 0 aliphatic carbocycles. The zero-order valence-electron chi connectivity index (χ0n) is 17.8. The molecule has 2 amide bonds. The molecule has 10 heteroatoms. The molecular weight excluding hydrogens is 425 g/mol. The number of halogens is 3. The van der Waals surface area contributed by atoms with Crippen molar-refractivity contribution in [2.24, 2.45) is 0 Å². The predicted octanol–water partition coefficient (Wildman–Crippen LogP) is 3.67. The summed E-state index contributed by atoms with van der Waals surface area (Å²) in [5.41, 5.74) is 1.66. The van der Waals surface area contributed by atoms with Crippen LogP contribution in [0.4, 0.5) is 18.0 Å². The predicted molar refractivity (Wildman–Crippen MR) is 113 cm³/mol. The first-order valence-corrected chi connectivity index (χ1v) is 10.4. The van der Waals surface area contributed by atoms with Gasteiger partial charge in [-0.25, -0.2) is 9.78 Å². The summed E-state index contributed by atoms with van der Waals surface area (Å²) in [6.07, 6.45) is -0.814. The number of nitrogens with zero attached hydrogens (tertiary/aromatic N) is 2. The van der Waals surface area contributed by atoms with E-state index in [-0.39, 0.29) is 24.5 Å². The fourth-order valence-electron chi connectivity index (χ4n) is 3.62. The molecule has 3 rings (SSSR count). The summed E-state index contributed by atoms with van der Waals surface area (Å²) in [4.78, 5) is 18.5. The van der Waals surface area contributed by atoms with Crippen molar-refractivity contribution in [2.45, 2.75) is 31.6 Å². The number of pyridine rings is 1. The van der Waals surface area contributed by atoms with E-state index in [2.05, 4.69) is 25.3 Å². The topological polar surface area (TPSA) is 75.7 Å². The Morgan fingerprint density at radius 2 is 1.91 bits per heavy atom. The average Bonchev–Trinajstić information content (AvgIpc) is 3.31. The molecule has 0 spiro atoms. The number of ether oxygens (including phenoxy) is 2. The lowest BCUT2D eigenvalue weighted by Crippen LogP contribution is -2.41. The third-order valence-corrected chi connectivity index (χ3v) is 5.17. The van der Waals surface area contributed by atoms with Crippen molar-refractivity contribution in [2.75, 3.05) is 33.4 Å². The van der Waals surface area contributed by atoms with Crippen LogP contribution in [0.2, 0.25) is 0 Å². The molecule has 1 aliphatic heterocycles. The van der Waals surface area contributed by atoms with Crippen LogP contribution in [0.3, 0.4) is 0 Å². The number of benzene rings is 1. The van der Waals surface area contributed by atoms with Gasteiger partial charge in [0, 0.05) is 30.9 Å². The monoisotopic (exact) mass is 452 g/mol. The highest BCUT2D eigenvalue weighted by molar-refractivity contribution is 5.73. The Hall–Kier alpha value is -3.01. The summed E-state index contributed by atoms with van der Waals surface area (Å²) in [5.74, 6) is 0.659. The lowest BCUT2D eigenvalue weighted by atomic mass is 10.0. The Bertz CT molecular complexity index is 871. The molecule has 0 bridgehead atoms. The first kappa shape index (κ1) is 23.6. The van der Waals surface area contributed by atoms with Gasteiger partial charge in [-0.05, 0) is 37.6 Å². The smallest absolute Gasteiger partial charge is 0.422 e. The molecule has 1 aromatic carbocycles. The number of likely N-dealkylation sites (tertiary alicyclic amines) is 1. The maximum atomic E-state index is 12.4. The summed E-state index contributed by atoms with van der Waals surface area (Å²) in [5, 5.41) is 5.65. The summed E-state index contributed by atoms with van der Waals surface area (Å²) >= 11 is 0. The van der Waals surface area contributed by atoms with Crippen LogP contribution in [0.1, 0.15) is 30.0 Å². The number of carbonyl (C=O) groups is 1. The van der Waals surface area contributed by atoms with Gasteiger partial charge in [0.2, 0.25) is 5.88 Å². The standard InChI is InChI=1S/C22H27F3N4O3/c1-31-19-7-3-2-6-17(19)18(29-10-4-5-11-29)14-28-21(30)27-13-16-8-9-20(26-12-16)32-15-22(23,24)25/h2-3,6-9,12,18H,4-5,10-11,13-15H2,1H3,(H2,27,28,30). The van der Waals surface area contributed by atoms with Gasteiger partial charge in [-0.1, -0.05) is 24.3 Å². The zero-order chi connectivity index (χ0) is 23.0. The third kappa shape index (κ3) is 7.01. The van der Waals surface area contributed by atoms with Gasteiger partial charge in [0.1, 0.15) is 5.75 Å². The Balaban J connectivity index is 1.52. The highest BCUT2D eigenvalue weighted by Gasteiger charge is 2.28. The average molecular weight is 452 g/mol. The van der Waals surface area contributed by atoms with Crippen LogP contribution in [0, 0.1) is 0 Å². The molecule has 32 heavy (non-hydrogen) atoms. The first-order valence-electron chi connectivity index (χ1n) is 10.4. The van der Waals surface area contributed by atoms with Crippen molar-refractivity contribution in [1.29, 1.82) is 0 Å². The van der Waals surface area contributed by atoms with E-state index in [0.29, 0.717) is 12.1 Å². The molecule has 2 N–H and O–H groups in total. The minimum atomic E-state index is -4.42. The zero-order valence-corrected chi connectivity index (χ0v) is 17.8. The molecule has 2 aromatic rings. The van der Waals surface area contributed by atoms with Crippen LogP contribution < -0.4 is 20.1 Å². The molecule has 0 radical (unpaired) electrons. The quantitative estimate of drug-likeness (QED) is 0.607. The number of nitrogens with one attached hydrogen (secondary N) is 2. The second kappa shape index (κ2) is 11.0. The fraction of sp³-hybridized carbons (Fsp3) is 0.455. The lowest BCUT2D eigenvalue weighted by molar-refractivity contribution is -0.154. The highest BCUT2D eigenvalue weighted by Crippen LogP contribution is 2.31. The molecule has 174 valence electrons. The van der Waals surface area contributed by atoms with Crippen LogP contribution in [0.25, 0.3) is 0 Å². The second-order valence-corrected chi connectivity index (χ2v) is 7.47. The number of rotatable bonds is 9. The molecule has 1 aromatic heterocycles. The van der Waals surface area contributed by atoms with Crippen molar-refractivity contribution in [3.05, 3.63) is 53.7 Å². The van der Waals surface area contributed by atoms with E-state index >= 15 is 0 Å². The number of para-hydroxylation sites is 1. The van der Waals surface area contributed by atoms with Crippen LogP contribution in [0.5, 0.6) is 11.6 Å². The van der Waals surface area contributed by atoms with Crippen LogP contribution in [-0.4, -0.2) is 55.4 Å². The Morgan fingerprint density at radius 1 is 1.16 bits per heavy atom. The second-order valence-electron chi connectivity index (χ2n) is 7.47. The van der Waals surface area contributed by atoms with Crippen molar-refractivity contribution in [3.8, 4) is 11.6 Å². The Kier molecular flexibility index (Phi) is 8.15. The maximum absolute atomic E-state index is 12.4. The normalized spacial score (nSPS) is 15.2. The number of amides is 2. The number of urea groups is 1. The van der Waals surface area contributed by atoms with E-state index in [4.69, 9.17) is 4.74 Å². The van der Waals surface area contributed by atoms with Crippen molar-refractivity contribution >= 4 is 6.03 Å². The third-order valence-electron chi connectivity index (χ3n) is 5.17. The van der Waals surface area contributed by atoms with E-state index in [9.17, 15) is 18.0 Å². The summed E-state index contributed by atoms with van der Waals surface area (Å²) in [6, 6.07) is 10.3. The van der Waals surface area contributed by atoms with Crippen LogP contribution in [0.15, 0.2) is 42.6 Å². The molecular formula is C22H27F3N4O3. The van der Waals surface area contributed by atoms with Gasteiger partial charge in [0.15, 0.2) is 6.61 Å². The lowest BCUT2D eigenvalue weighted by Gasteiger charge is -2.29. The van der Waals surface area contributed by atoms with E-state index < -0.39 is 12.8 Å². The molecule has 2 heterocycles.